The molecule has 1 aliphatic heterocycles. The second kappa shape index (κ2) is 7.85. The molecule has 0 saturated carbocycles. The Bertz CT molecular complexity index is 863. The summed E-state index contributed by atoms with van der Waals surface area (Å²) in [4.78, 5) is 26.7. The van der Waals surface area contributed by atoms with Gasteiger partial charge in [-0.3, -0.25) is 9.59 Å². The molecule has 0 spiro atoms. The molecule has 1 aliphatic rings. The summed E-state index contributed by atoms with van der Waals surface area (Å²) in [6.45, 7) is 0.548. The molecule has 0 bridgehead atoms. The maximum Gasteiger partial charge on any atom is 0.295 e. The third kappa shape index (κ3) is 3.43. The number of ketones is 1. The lowest BCUT2D eigenvalue weighted by Crippen LogP contribution is -2.32. The number of methoxy groups -OCH3 is 1. The molecule has 1 saturated heterocycles. The summed E-state index contributed by atoms with van der Waals surface area (Å²) >= 11 is 3.42. The second-order valence-corrected chi connectivity index (χ2v) is 6.82. The van der Waals surface area contributed by atoms with Gasteiger partial charge in [0.25, 0.3) is 11.7 Å². The van der Waals surface area contributed by atoms with Crippen LogP contribution in [0.4, 0.5) is 0 Å². The van der Waals surface area contributed by atoms with Gasteiger partial charge in [-0.05, 0) is 17.7 Å². The Kier molecular flexibility index (Phi) is 5.54. The van der Waals surface area contributed by atoms with Crippen LogP contribution >= 0.6 is 15.9 Å². The lowest BCUT2D eigenvalue weighted by atomic mass is 9.95. The Morgan fingerprint density at radius 3 is 2.54 bits per heavy atom. The highest BCUT2D eigenvalue weighted by atomic mass is 79.9. The van der Waals surface area contributed by atoms with E-state index in [1.54, 1.807) is 24.3 Å². The molecule has 2 aromatic rings. The Morgan fingerprint density at radius 1 is 1.15 bits per heavy atom. The number of hydrogen-bond acceptors (Lipinski definition) is 4. The molecule has 1 heterocycles. The lowest BCUT2D eigenvalue weighted by molar-refractivity contribution is -0.140. The van der Waals surface area contributed by atoms with Gasteiger partial charge in [0.1, 0.15) is 5.76 Å². The highest BCUT2D eigenvalue weighted by Crippen LogP contribution is 2.39. The molecule has 1 amide bonds. The van der Waals surface area contributed by atoms with Gasteiger partial charge in [-0.15, -0.1) is 0 Å². The van der Waals surface area contributed by atoms with E-state index in [9.17, 15) is 14.7 Å². The minimum absolute atomic E-state index is 0.0930. The molecular weight excluding hydrogens is 398 g/mol. The van der Waals surface area contributed by atoms with Gasteiger partial charge in [0, 0.05) is 23.7 Å². The third-order valence-corrected chi connectivity index (χ3v) is 4.78. The zero-order valence-electron chi connectivity index (χ0n) is 14.2. The number of aliphatic hydroxyl groups is 1. The maximum atomic E-state index is 12.7. The molecule has 6 heteroatoms. The van der Waals surface area contributed by atoms with E-state index in [2.05, 4.69) is 15.9 Å². The number of halogens is 1. The van der Waals surface area contributed by atoms with Gasteiger partial charge in [0.05, 0.1) is 18.2 Å². The average molecular weight is 416 g/mol. The monoisotopic (exact) mass is 415 g/mol. The van der Waals surface area contributed by atoms with Crippen molar-refractivity contribution in [2.45, 2.75) is 6.04 Å². The smallest absolute Gasteiger partial charge is 0.295 e. The second-order valence-electron chi connectivity index (χ2n) is 5.91. The first kappa shape index (κ1) is 18.4. The number of rotatable bonds is 5. The predicted octanol–water partition coefficient (Wildman–Crippen LogP) is 3.52. The van der Waals surface area contributed by atoms with Gasteiger partial charge in [-0.25, -0.2) is 0 Å². The lowest BCUT2D eigenvalue weighted by Gasteiger charge is -2.25. The summed E-state index contributed by atoms with van der Waals surface area (Å²) in [5, 5.41) is 10.8. The molecule has 134 valence electrons. The predicted molar refractivity (Wildman–Crippen MR) is 101 cm³/mol. The Labute approximate surface area is 160 Å². The van der Waals surface area contributed by atoms with Crippen molar-refractivity contribution < 1.29 is 19.4 Å². The van der Waals surface area contributed by atoms with Crippen LogP contribution in [0.2, 0.25) is 0 Å². The standard InChI is InChI=1S/C20H18BrNO4/c1-26-11-10-22-17(14-8-5-9-15(21)12-14)16(19(24)20(22)25)18(23)13-6-3-2-4-7-13/h2-9,12,17,23H,10-11H2,1H3. The van der Waals surface area contributed by atoms with Crippen LogP contribution in [0.25, 0.3) is 5.76 Å². The highest BCUT2D eigenvalue weighted by molar-refractivity contribution is 9.10. The van der Waals surface area contributed by atoms with Crippen molar-refractivity contribution in [2.24, 2.45) is 0 Å². The summed E-state index contributed by atoms with van der Waals surface area (Å²) in [5.74, 6) is -1.49. The van der Waals surface area contributed by atoms with E-state index in [4.69, 9.17) is 4.74 Å². The summed E-state index contributed by atoms with van der Waals surface area (Å²) in [7, 11) is 1.54. The van der Waals surface area contributed by atoms with Crippen LogP contribution < -0.4 is 0 Å². The zero-order chi connectivity index (χ0) is 18.7. The molecule has 5 nitrogen and oxygen atoms in total. The van der Waals surface area contributed by atoms with Gasteiger partial charge < -0.3 is 14.7 Å². The van der Waals surface area contributed by atoms with Gasteiger partial charge in [0.2, 0.25) is 0 Å². The van der Waals surface area contributed by atoms with E-state index >= 15 is 0 Å². The van der Waals surface area contributed by atoms with E-state index in [0.29, 0.717) is 12.2 Å². The zero-order valence-corrected chi connectivity index (χ0v) is 15.8. The van der Waals surface area contributed by atoms with Gasteiger partial charge in [-0.1, -0.05) is 58.4 Å². The molecular formula is C20H18BrNO4. The number of aliphatic hydroxyl groups excluding tert-OH is 1. The number of likely N-dealkylation sites (tertiary alicyclic amines) is 1. The fourth-order valence-electron chi connectivity index (χ4n) is 3.08. The van der Waals surface area contributed by atoms with Crippen LogP contribution in [-0.2, 0) is 14.3 Å². The van der Waals surface area contributed by atoms with Crippen LogP contribution in [-0.4, -0.2) is 42.0 Å². The quantitative estimate of drug-likeness (QED) is 0.460. The Balaban J connectivity index is 2.16. The molecule has 1 unspecified atom stereocenters. The first-order valence-electron chi connectivity index (χ1n) is 8.13. The van der Waals surface area contributed by atoms with Crippen LogP contribution in [0, 0.1) is 0 Å². The SMILES string of the molecule is COCCN1C(=O)C(=O)C(=C(O)c2ccccc2)C1c1cccc(Br)c1. The molecule has 1 fully saturated rings. The molecule has 1 N–H and O–H groups in total. The summed E-state index contributed by atoms with van der Waals surface area (Å²) < 4.78 is 5.91. The number of hydrogen-bond donors (Lipinski definition) is 1. The van der Waals surface area contributed by atoms with Crippen molar-refractivity contribution in [1.29, 1.82) is 0 Å². The number of nitrogens with zero attached hydrogens (tertiary/aromatic N) is 1. The van der Waals surface area contributed by atoms with Crippen LogP contribution in [0.5, 0.6) is 0 Å². The minimum atomic E-state index is -0.688. The molecule has 1 atom stereocenters. The van der Waals surface area contributed by atoms with Gasteiger partial charge in [0.15, 0.2) is 0 Å². The van der Waals surface area contributed by atoms with E-state index in [0.717, 1.165) is 10.0 Å². The van der Waals surface area contributed by atoms with Crippen LogP contribution in [0.3, 0.4) is 0 Å². The molecule has 3 rings (SSSR count). The van der Waals surface area contributed by atoms with Gasteiger partial charge >= 0.3 is 0 Å². The van der Waals surface area contributed by atoms with E-state index in [1.165, 1.54) is 12.0 Å². The van der Waals surface area contributed by atoms with Crippen molar-refractivity contribution >= 4 is 33.4 Å². The molecule has 0 aliphatic carbocycles. The van der Waals surface area contributed by atoms with Crippen LogP contribution in [0.1, 0.15) is 17.2 Å². The largest absolute Gasteiger partial charge is 0.507 e. The molecule has 26 heavy (non-hydrogen) atoms. The van der Waals surface area contributed by atoms with Crippen molar-refractivity contribution in [1.82, 2.24) is 4.90 Å². The number of carbonyl (C=O) groups is 2. The average Bonchev–Trinajstić information content (AvgIpc) is 2.91. The van der Waals surface area contributed by atoms with Crippen molar-refractivity contribution in [3.63, 3.8) is 0 Å². The summed E-state index contributed by atoms with van der Waals surface area (Å²) in [5.41, 5.74) is 1.33. The molecule has 0 radical (unpaired) electrons. The molecule has 2 aromatic carbocycles. The summed E-state index contributed by atoms with van der Waals surface area (Å²) in [6, 6.07) is 15.5. The fourth-order valence-corrected chi connectivity index (χ4v) is 3.49. The maximum absolute atomic E-state index is 12.7. The van der Waals surface area contributed by atoms with Gasteiger partial charge in [-0.2, -0.15) is 0 Å². The Hall–Kier alpha value is -2.44. The third-order valence-electron chi connectivity index (χ3n) is 4.29. The normalized spacial score (nSPS) is 19.2. The number of carbonyl (C=O) groups excluding carboxylic acids is 2. The summed E-state index contributed by atoms with van der Waals surface area (Å²) in [6.07, 6.45) is 0. The molecule has 0 aromatic heterocycles. The van der Waals surface area contributed by atoms with Crippen LogP contribution in [0.15, 0.2) is 64.6 Å². The Morgan fingerprint density at radius 2 is 1.88 bits per heavy atom. The first-order chi connectivity index (χ1) is 12.5. The van der Waals surface area contributed by atoms with Crippen molar-refractivity contribution in [2.75, 3.05) is 20.3 Å². The fraction of sp³-hybridized carbons (Fsp3) is 0.200. The number of benzene rings is 2. The topological polar surface area (TPSA) is 66.8 Å². The number of amides is 1. The minimum Gasteiger partial charge on any atom is -0.507 e. The highest BCUT2D eigenvalue weighted by Gasteiger charge is 2.45. The van der Waals surface area contributed by atoms with E-state index < -0.39 is 17.7 Å². The van der Waals surface area contributed by atoms with E-state index in [1.807, 2.05) is 30.3 Å². The van der Waals surface area contributed by atoms with Crippen molar-refractivity contribution in [3.8, 4) is 0 Å². The number of ether oxygens (including phenoxy) is 1. The van der Waals surface area contributed by atoms with Crippen molar-refractivity contribution in [3.05, 3.63) is 75.8 Å². The number of Topliss-reactive ketones (excluding diaryl/α,β-unsaturated/α-hetero) is 1. The first-order valence-corrected chi connectivity index (χ1v) is 8.92. The van der Waals surface area contributed by atoms with E-state index in [-0.39, 0.29) is 17.9 Å².